The topological polar surface area (TPSA) is 92.5 Å². The van der Waals surface area contributed by atoms with E-state index in [1.54, 1.807) is 11.0 Å². The molecule has 0 saturated heterocycles. The summed E-state index contributed by atoms with van der Waals surface area (Å²) in [6, 6.07) is 9.07. The van der Waals surface area contributed by atoms with Crippen LogP contribution in [0.1, 0.15) is 11.8 Å². The number of thiophene rings is 1. The lowest BCUT2D eigenvalue weighted by Gasteiger charge is -2.20. The summed E-state index contributed by atoms with van der Waals surface area (Å²) in [7, 11) is -3.74. The van der Waals surface area contributed by atoms with Crippen LogP contribution in [0.15, 0.2) is 41.3 Å². The number of rotatable bonds is 5. The van der Waals surface area contributed by atoms with Gasteiger partial charge in [-0.1, -0.05) is 11.6 Å². The Kier molecular flexibility index (Phi) is 5.64. The van der Waals surface area contributed by atoms with Crippen LogP contribution in [0.25, 0.3) is 0 Å². The Bertz CT molecular complexity index is 788. The van der Waals surface area contributed by atoms with Gasteiger partial charge in [0.15, 0.2) is 0 Å². The normalized spacial score (nSPS) is 11.3. The number of sulfonamides is 1. The maximum atomic E-state index is 12.3. The number of amides is 2. The van der Waals surface area contributed by atoms with Crippen LogP contribution in [0.5, 0.6) is 0 Å². The number of anilines is 1. The summed E-state index contributed by atoms with van der Waals surface area (Å²) in [5.74, 6) is 0. The van der Waals surface area contributed by atoms with Gasteiger partial charge in [0.1, 0.15) is 0 Å². The van der Waals surface area contributed by atoms with Crippen LogP contribution in [0, 0.1) is 0 Å². The van der Waals surface area contributed by atoms with Crippen LogP contribution in [-0.4, -0.2) is 25.9 Å². The maximum Gasteiger partial charge on any atom is 0.322 e. The molecule has 0 aliphatic heterocycles. The fourth-order valence-corrected chi connectivity index (χ4v) is 3.50. The van der Waals surface area contributed by atoms with Crippen molar-refractivity contribution in [2.75, 3.05) is 11.9 Å². The molecule has 6 nitrogen and oxygen atoms in total. The zero-order valence-corrected chi connectivity index (χ0v) is 14.7. The van der Waals surface area contributed by atoms with Gasteiger partial charge in [0.25, 0.3) is 0 Å². The van der Waals surface area contributed by atoms with E-state index in [0.717, 1.165) is 4.88 Å². The number of carbonyl (C=O) groups excluding carboxylic acids is 1. The second-order valence-electron chi connectivity index (χ2n) is 4.72. The minimum Gasteiger partial charge on any atom is -0.320 e. The average Bonchev–Trinajstić information content (AvgIpc) is 2.89. The highest BCUT2D eigenvalue weighted by Gasteiger charge is 2.14. The lowest BCUT2D eigenvalue weighted by Crippen LogP contribution is -2.34. The van der Waals surface area contributed by atoms with Gasteiger partial charge in [-0.3, -0.25) is 0 Å². The maximum absolute atomic E-state index is 12.3. The standard InChI is InChI=1S/C14H16ClN3O3S2/c1-2-18(9-11-5-8-13(15)22-11)14(19)17-10-3-6-12(7-4-10)23(16,20)21/h3-8H,2,9H2,1H3,(H,17,19)(H2,16,20,21). The van der Waals surface area contributed by atoms with E-state index in [0.29, 0.717) is 23.1 Å². The second kappa shape index (κ2) is 7.31. The van der Waals surface area contributed by atoms with Gasteiger partial charge in [0, 0.05) is 17.1 Å². The molecule has 1 heterocycles. The van der Waals surface area contributed by atoms with E-state index >= 15 is 0 Å². The first-order valence-electron chi connectivity index (χ1n) is 6.72. The lowest BCUT2D eigenvalue weighted by molar-refractivity contribution is 0.212. The van der Waals surface area contributed by atoms with E-state index in [4.69, 9.17) is 16.7 Å². The van der Waals surface area contributed by atoms with Gasteiger partial charge >= 0.3 is 6.03 Å². The van der Waals surface area contributed by atoms with E-state index in [2.05, 4.69) is 5.32 Å². The number of urea groups is 1. The third-order valence-corrected chi connectivity index (χ3v) is 5.22. The summed E-state index contributed by atoms with van der Waals surface area (Å²) >= 11 is 7.31. The first kappa shape index (κ1) is 17.7. The number of hydrogen-bond acceptors (Lipinski definition) is 4. The molecule has 3 N–H and O–H groups in total. The number of nitrogens with one attached hydrogen (secondary N) is 1. The molecule has 2 amide bonds. The highest BCUT2D eigenvalue weighted by Crippen LogP contribution is 2.23. The fraction of sp³-hybridized carbons (Fsp3) is 0.214. The molecule has 0 saturated carbocycles. The molecule has 0 aliphatic carbocycles. The molecule has 2 aromatic rings. The molecule has 9 heteroatoms. The molecule has 2 rings (SSSR count). The number of hydrogen-bond donors (Lipinski definition) is 2. The molecule has 0 aliphatic rings. The predicted octanol–water partition coefficient (Wildman–Crippen LogP) is 3.10. The number of benzene rings is 1. The molecule has 0 atom stereocenters. The Morgan fingerprint density at radius 1 is 1.26 bits per heavy atom. The zero-order valence-electron chi connectivity index (χ0n) is 12.3. The molecule has 0 fully saturated rings. The molecule has 0 radical (unpaired) electrons. The number of nitrogens with two attached hydrogens (primary N) is 1. The summed E-state index contributed by atoms with van der Waals surface area (Å²) < 4.78 is 23.1. The monoisotopic (exact) mass is 373 g/mol. The average molecular weight is 374 g/mol. The van der Waals surface area contributed by atoms with Crippen LogP contribution < -0.4 is 10.5 Å². The molecular weight excluding hydrogens is 358 g/mol. The van der Waals surface area contributed by atoms with Crippen molar-refractivity contribution in [3.8, 4) is 0 Å². The van der Waals surface area contributed by atoms with Gasteiger partial charge in [-0.2, -0.15) is 0 Å². The highest BCUT2D eigenvalue weighted by molar-refractivity contribution is 7.89. The quantitative estimate of drug-likeness (QED) is 0.843. The van der Waals surface area contributed by atoms with Crippen LogP contribution in [0.4, 0.5) is 10.5 Å². The fourth-order valence-electron chi connectivity index (χ4n) is 1.88. The molecule has 23 heavy (non-hydrogen) atoms. The van der Waals surface area contributed by atoms with Gasteiger partial charge in [-0.15, -0.1) is 11.3 Å². The Morgan fingerprint density at radius 2 is 1.91 bits per heavy atom. The van der Waals surface area contributed by atoms with Crippen LogP contribution in [-0.2, 0) is 16.6 Å². The van der Waals surface area contributed by atoms with Crippen molar-refractivity contribution < 1.29 is 13.2 Å². The zero-order chi connectivity index (χ0) is 17.0. The Hall–Kier alpha value is -1.61. The summed E-state index contributed by atoms with van der Waals surface area (Å²) in [5, 5.41) is 7.75. The Labute approximate surface area is 143 Å². The third kappa shape index (κ3) is 4.93. The van der Waals surface area contributed by atoms with E-state index in [-0.39, 0.29) is 10.9 Å². The molecule has 0 unspecified atom stereocenters. The molecule has 124 valence electrons. The van der Waals surface area contributed by atoms with Crippen LogP contribution in [0.2, 0.25) is 4.34 Å². The Morgan fingerprint density at radius 3 is 2.39 bits per heavy atom. The van der Waals surface area contributed by atoms with Gasteiger partial charge in [0.05, 0.1) is 15.8 Å². The van der Waals surface area contributed by atoms with Gasteiger partial charge < -0.3 is 10.2 Å². The van der Waals surface area contributed by atoms with Crippen LogP contribution in [0.3, 0.4) is 0 Å². The smallest absolute Gasteiger partial charge is 0.320 e. The van der Waals surface area contributed by atoms with Crippen molar-refractivity contribution in [3.05, 3.63) is 45.6 Å². The number of halogens is 1. The Balaban J connectivity index is 2.04. The van der Waals surface area contributed by atoms with Gasteiger partial charge in [-0.05, 0) is 43.3 Å². The van der Waals surface area contributed by atoms with Gasteiger partial charge in [0.2, 0.25) is 10.0 Å². The molecule has 1 aromatic heterocycles. The second-order valence-corrected chi connectivity index (χ2v) is 8.08. The summed E-state index contributed by atoms with van der Waals surface area (Å²) in [5.41, 5.74) is 0.491. The third-order valence-electron chi connectivity index (χ3n) is 3.08. The van der Waals surface area contributed by atoms with Crippen molar-refractivity contribution >= 4 is 44.7 Å². The molecular formula is C14H16ClN3O3S2. The van der Waals surface area contributed by atoms with Crippen molar-refractivity contribution in [1.29, 1.82) is 0 Å². The van der Waals surface area contributed by atoms with E-state index < -0.39 is 10.0 Å². The number of primary sulfonamides is 1. The molecule has 1 aromatic carbocycles. The first-order valence-corrected chi connectivity index (χ1v) is 9.46. The van der Waals surface area contributed by atoms with Crippen LogP contribution >= 0.6 is 22.9 Å². The van der Waals surface area contributed by atoms with E-state index in [1.165, 1.54) is 35.6 Å². The van der Waals surface area contributed by atoms with E-state index in [1.807, 2.05) is 13.0 Å². The largest absolute Gasteiger partial charge is 0.322 e. The van der Waals surface area contributed by atoms with Crippen molar-refractivity contribution in [2.45, 2.75) is 18.4 Å². The minimum atomic E-state index is -3.74. The summed E-state index contributed by atoms with van der Waals surface area (Å²) in [6.45, 7) is 2.85. The lowest BCUT2D eigenvalue weighted by atomic mass is 10.3. The number of carbonyl (C=O) groups is 1. The highest BCUT2D eigenvalue weighted by atomic mass is 35.5. The van der Waals surface area contributed by atoms with Gasteiger partial charge in [-0.25, -0.2) is 18.4 Å². The number of nitrogens with zero attached hydrogens (tertiary/aromatic N) is 1. The minimum absolute atomic E-state index is 0.00364. The summed E-state index contributed by atoms with van der Waals surface area (Å²) in [4.78, 5) is 14.9. The predicted molar refractivity (Wildman–Crippen MR) is 92.2 cm³/mol. The van der Waals surface area contributed by atoms with E-state index in [9.17, 15) is 13.2 Å². The van der Waals surface area contributed by atoms with Crippen molar-refractivity contribution in [1.82, 2.24) is 4.90 Å². The van der Waals surface area contributed by atoms with Crippen molar-refractivity contribution in [3.63, 3.8) is 0 Å². The molecule has 0 spiro atoms. The summed E-state index contributed by atoms with van der Waals surface area (Å²) in [6.07, 6.45) is 0. The first-order chi connectivity index (χ1) is 10.8. The molecule has 0 bridgehead atoms. The SMILES string of the molecule is CCN(Cc1ccc(Cl)s1)C(=O)Nc1ccc(S(N)(=O)=O)cc1. The van der Waals surface area contributed by atoms with Crippen molar-refractivity contribution in [2.24, 2.45) is 5.14 Å².